The molecule has 11 heteroatoms. The Hall–Kier alpha value is -3.41. The Labute approximate surface area is 265 Å². The number of ether oxygens (including phenoxy) is 2. The molecule has 0 radical (unpaired) electrons. The summed E-state index contributed by atoms with van der Waals surface area (Å²) >= 11 is 0. The van der Waals surface area contributed by atoms with Crippen molar-refractivity contribution in [3.8, 4) is 0 Å². The number of carbonyl (C=O) groups is 4. The van der Waals surface area contributed by atoms with Gasteiger partial charge in [0.1, 0.15) is 5.60 Å². The van der Waals surface area contributed by atoms with Gasteiger partial charge in [0.15, 0.2) is 23.0 Å². The van der Waals surface area contributed by atoms with Crippen LogP contribution >= 0.6 is 0 Å². The van der Waals surface area contributed by atoms with E-state index in [4.69, 9.17) is 14.0 Å². The normalized spacial score (nSPS) is 20.4. The molecule has 4 rings (SSSR count). The molecule has 2 aromatic rings. The molecule has 2 N–H and O–H groups in total. The number of Topliss-reactive ketones (excluding diaryl/α,β-unsaturated/α-hetero) is 2. The first-order valence-corrected chi connectivity index (χ1v) is 16.1. The smallest absolute Gasteiger partial charge is 0.274 e. The van der Waals surface area contributed by atoms with E-state index in [2.05, 4.69) is 20.7 Å². The topological polar surface area (TPSA) is 143 Å². The van der Waals surface area contributed by atoms with Crippen LogP contribution in [0.2, 0.25) is 0 Å². The highest BCUT2D eigenvalue weighted by atomic mass is 16.6. The number of amides is 2. The van der Waals surface area contributed by atoms with E-state index < -0.39 is 29.5 Å². The number of nitrogens with zero attached hydrogens (tertiary/aromatic N) is 2. The predicted molar refractivity (Wildman–Crippen MR) is 167 cm³/mol. The molecule has 1 aromatic carbocycles. The zero-order valence-corrected chi connectivity index (χ0v) is 27.2. The predicted octanol–water partition coefficient (Wildman–Crippen LogP) is 3.36. The minimum Gasteiger partial charge on any atom is -0.379 e. The fourth-order valence-corrected chi connectivity index (χ4v) is 5.60. The highest BCUT2D eigenvalue weighted by Crippen LogP contribution is 2.30. The number of epoxide rings is 1. The van der Waals surface area contributed by atoms with Crippen molar-refractivity contribution < 1.29 is 33.2 Å². The van der Waals surface area contributed by atoms with E-state index in [0.717, 1.165) is 18.7 Å². The molecule has 0 bridgehead atoms. The first kappa shape index (κ1) is 34.5. The summed E-state index contributed by atoms with van der Waals surface area (Å²) in [4.78, 5) is 56.3. The minimum absolute atomic E-state index is 0.0992. The Morgan fingerprint density at radius 2 is 1.60 bits per heavy atom. The maximum atomic E-state index is 13.8. The summed E-state index contributed by atoms with van der Waals surface area (Å²) in [5.41, 5.74) is 0.117. The standard InChI is InChI=1S/C34H48N4O7/c1-22(2)15-27(35-33(42)29-19-26(45-37-29)20-38-11-13-43-14-12-38)30(39)18-25(17-24-9-7-6-8-10-24)32(41)36-28(16-23(3)4)31(40)34(5)21-44-34/h6-10,19,22-23,25,27-28H,11-18,20-21H2,1-5H3,(H,35,42)(H,36,41)/t25-,27+,28+,34-/m1/s1. The van der Waals surface area contributed by atoms with Gasteiger partial charge in [0.2, 0.25) is 5.91 Å². The first-order valence-electron chi connectivity index (χ1n) is 16.1. The average Bonchev–Trinajstić information content (AvgIpc) is 3.58. The van der Waals surface area contributed by atoms with Gasteiger partial charge in [0, 0.05) is 31.5 Å². The number of rotatable bonds is 17. The van der Waals surface area contributed by atoms with Crippen molar-refractivity contribution in [1.82, 2.24) is 20.7 Å². The SMILES string of the molecule is CC(C)C[C@H](NC(=O)c1cc(CN2CCOCC2)on1)C(=O)C[C@@H](Cc1ccccc1)C(=O)N[C@@H](CC(C)C)C(=O)[C@@]1(C)CO1. The van der Waals surface area contributed by atoms with E-state index in [0.29, 0.717) is 51.4 Å². The maximum Gasteiger partial charge on any atom is 0.274 e. The number of nitrogens with one attached hydrogen (secondary N) is 2. The van der Waals surface area contributed by atoms with Crippen LogP contribution in [0.15, 0.2) is 40.9 Å². The average molecular weight is 625 g/mol. The van der Waals surface area contributed by atoms with E-state index in [1.165, 1.54) is 0 Å². The molecule has 2 aliphatic rings. The van der Waals surface area contributed by atoms with Gasteiger partial charge in [-0.2, -0.15) is 0 Å². The third-order valence-corrected chi connectivity index (χ3v) is 8.26. The monoisotopic (exact) mass is 624 g/mol. The summed E-state index contributed by atoms with van der Waals surface area (Å²) in [5.74, 6) is -1.20. The number of hydrogen-bond donors (Lipinski definition) is 2. The Morgan fingerprint density at radius 1 is 0.956 bits per heavy atom. The summed E-state index contributed by atoms with van der Waals surface area (Å²) in [5, 5.41) is 9.77. The Balaban J connectivity index is 1.47. The molecule has 0 unspecified atom stereocenters. The summed E-state index contributed by atoms with van der Waals surface area (Å²) in [6.07, 6.45) is 1.07. The molecule has 3 heterocycles. The van der Waals surface area contributed by atoms with Crippen LogP contribution in [-0.2, 0) is 36.8 Å². The molecule has 246 valence electrons. The van der Waals surface area contributed by atoms with E-state index in [1.54, 1.807) is 13.0 Å². The number of morpholine rings is 1. The molecule has 1 aromatic heterocycles. The van der Waals surface area contributed by atoms with Crippen LogP contribution in [0.5, 0.6) is 0 Å². The quantitative estimate of drug-likeness (QED) is 0.253. The summed E-state index contributed by atoms with van der Waals surface area (Å²) < 4.78 is 16.2. The third kappa shape index (κ3) is 10.3. The molecule has 2 aliphatic heterocycles. The van der Waals surface area contributed by atoms with Crippen molar-refractivity contribution >= 4 is 23.4 Å². The van der Waals surface area contributed by atoms with Crippen LogP contribution < -0.4 is 10.6 Å². The molecule has 2 amide bonds. The molecule has 0 saturated carbocycles. The third-order valence-electron chi connectivity index (χ3n) is 8.26. The zero-order valence-electron chi connectivity index (χ0n) is 27.2. The van der Waals surface area contributed by atoms with Gasteiger partial charge in [-0.3, -0.25) is 24.1 Å². The fourth-order valence-electron chi connectivity index (χ4n) is 5.60. The molecule has 11 nitrogen and oxygen atoms in total. The number of benzene rings is 1. The second-order valence-corrected chi connectivity index (χ2v) is 13.4. The Bertz CT molecular complexity index is 1300. The summed E-state index contributed by atoms with van der Waals surface area (Å²) in [7, 11) is 0. The van der Waals surface area contributed by atoms with Crippen molar-refractivity contribution in [2.45, 2.75) is 84.5 Å². The van der Waals surface area contributed by atoms with Crippen LogP contribution in [0.4, 0.5) is 0 Å². The largest absolute Gasteiger partial charge is 0.379 e. The Morgan fingerprint density at radius 3 is 2.22 bits per heavy atom. The lowest BCUT2D eigenvalue weighted by atomic mass is 9.88. The van der Waals surface area contributed by atoms with E-state index >= 15 is 0 Å². The van der Waals surface area contributed by atoms with E-state index in [9.17, 15) is 19.2 Å². The number of ketones is 2. The summed E-state index contributed by atoms with van der Waals surface area (Å²) in [6, 6.07) is 9.54. The van der Waals surface area contributed by atoms with Crippen LogP contribution in [0, 0.1) is 17.8 Å². The van der Waals surface area contributed by atoms with Crippen LogP contribution in [0.1, 0.15) is 75.7 Å². The van der Waals surface area contributed by atoms with E-state index in [1.807, 2.05) is 58.0 Å². The van der Waals surface area contributed by atoms with Crippen LogP contribution in [-0.4, -0.2) is 84.0 Å². The van der Waals surface area contributed by atoms with Gasteiger partial charge < -0.3 is 24.6 Å². The van der Waals surface area contributed by atoms with Crippen LogP contribution in [0.25, 0.3) is 0 Å². The van der Waals surface area contributed by atoms with Crippen LogP contribution in [0.3, 0.4) is 0 Å². The lowest BCUT2D eigenvalue weighted by molar-refractivity contribution is -0.134. The number of aromatic nitrogens is 1. The maximum absolute atomic E-state index is 13.8. The van der Waals surface area contributed by atoms with Crippen molar-refractivity contribution in [2.24, 2.45) is 17.8 Å². The van der Waals surface area contributed by atoms with Gasteiger partial charge in [-0.15, -0.1) is 0 Å². The van der Waals surface area contributed by atoms with Crippen molar-refractivity contribution in [3.63, 3.8) is 0 Å². The molecular weight excluding hydrogens is 576 g/mol. The number of carbonyl (C=O) groups excluding carboxylic acids is 4. The zero-order chi connectivity index (χ0) is 32.6. The van der Waals surface area contributed by atoms with Crippen molar-refractivity contribution in [1.29, 1.82) is 0 Å². The highest BCUT2D eigenvalue weighted by Gasteiger charge is 2.50. The summed E-state index contributed by atoms with van der Waals surface area (Å²) in [6.45, 7) is 13.3. The molecule has 45 heavy (non-hydrogen) atoms. The van der Waals surface area contributed by atoms with Gasteiger partial charge in [-0.25, -0.2) is 0 Å². The molecule has 4 atom stereocenters. The second kappa shape index (κ2) is 15.7. The number of hydrogen-bond acceptors (Lipinski definition) is 9. The Kier molecular flexibility index (Phi) is 12.0. The fraction of sp³-hybridized carbons (Fsp3) is 0.618. The lowest BCUT2D eigenvalue weighted by Crippen LogP contribution is -2.50. The van der Waals surface area contributed by atoms with Crippen molar-refractivity contribution in [3.05, 3.63) is 53.4 Å². The second-order valence-electron chi connectivity index (χ2n) is 13.4. The molecular formula is C34H48N4O7. The van der Waals surface area contributed by atoms with E-state index in [-0.39, 0.29) is 41.4 Å². The van der Waals surface area contributed by atoms with Gasteiger partial charge in [0.05, 0.1) is 38.4 Å². The van der Waals surface area contributed by atoms with Gasteiger partial charge in [-0.1, -0.05) is 63.2 Å². The van der Waals surface area contributed by atoms with Gasteiger partial charge in [0.25, 0.3) is 5.91 Å². The minimum atomic E-state index is -0.882. The van der Waals surface area contributed by atoms with Gasteiger partial charge >= 0.3 is 0 Å². The molecule has 2 saturated heterocycles. The first-order chi connectivity index (χ1) is 21.4. The highest BCUT2D eigenvalue weighted by molar-refractivity contribution is 5.99. The lowest BCUT2D eigenvalue weighted by Gasteiger charge is -2.26. The van der Waals surface area contributed by atoms with Gasteiger partial charge in [-0.05, 0) is 43.6 Å². The molecule has 0 aliphatic carbocycles. The molecule has 2 fully saturated rings. The molecule has 0 spiro atoms. The van der Waals surface area contributed by atoms with Crippen molar-refractivity contribution in [2.75, 3.05) is 32.9 Å².